The van der Waals surface area contributed by atoms with Crippen LogP contribution in [0, 0.1) is 10.1 Å². The van der Waals surface area contributed by atoms with E-state index >= 15 is 0 Å². The molecule has 0 amide bonds. The molecule has 0 fully saturated rings. The summed E-state index contributed by atoms with van der Waals surface area (Å²) in [4.78, 5) is 20.7. The molecule has 12 heavy (non-hydrogen) atoms. The van der Waals surface area contributed by atoms with Crippen molar-refractivity contribution in [2.75, 3.05) is 6.54 Å². The molecule has 2 N–H and O–H groups in total. The van der Waals surface area contributed by atoms with Crippen molar-refractivity contribution in [1.82, 2.24) is 0 Å². The molecule has 0 saturated carbocycles. The van der Waals surface area contributed by atoms with Crippen molar-refractivity contribution in [2.24, 2.45) is 5.73 Å². The highest BCUT2D eigenvalue weighted by atomic mass is 16.6. The van der Waals surface area contributed by atoms with E-state index in [1.807, 2.05) is 0 Å². The van der Waals surface area contributed by atoms with E-state index in [4.69, 9.17) is 5.73 Å². The highest BCUT2D eigenvalue weighted by Crippen LogP contribution is 2.08. The smallest absolute Gasteiger partial charge is 0.250 e. The van der Waals surface area contributed by atoms with Crippen molar-refractivity contribution in [2.45, 2.75) is 6.04 Å². The van der Waals surface area contributed by atoms with Crippen LogP contribution in [0.15, 0.2) is 23.8 Å². The topological polar surface area (TPSA) is 86.2 Å². The lowest BCUT2D eigenvalue weighted by atomic mass is 10.0. The molecule has 0 aromatic carbocycles. The van der Waals surface area contributed by atoms with Crippen molar-refractivity contribution in [3.05, 3.63) is 33.9 Å². The first-order valence-corrected chi connectivity index (χ1v) is 3.42. The van der Waals surface area contributed by atoms with Gasteiger partial charge in [-0.15, -0.1) is 0 Å². The summed E-state index contributed by atoms with van der Waals surface area (Å²) in [5, 5.41) is 10.3. The van der Waals surface area contributed by atoms with Crippen LogP contribution in [-0.4, -0.2) is 23.3 Å². The maximum atomic E-state index is 10.9. The second-order valence-electron chi connectivity index (χ2n) is 2.40. The normalized spacial score (nSPS) is 22.2. The molecule has 1 aliphatic rings. The first-order chi connectivity index (χ1) is 5.65. The summed E-state index contributed by atoms with van der Waals surface area (Å²) in [5.41, 5.74) is 5.52. The molecule has 5 nitrogen and oxygen atoms in total. The second-order valence-corrected chi connectivity index (χ2v) is 2.40. The summed E-state index contributed by atoms with van der Waals surface area (Å²) in [6.07, 6.45) is 3.72. The van der Waals surface area contributed by atoms with Crippen molar-refractivity contribution in [3.8, 4) is 0 Å². The van der Waals surface area contributed by atoms with Gasteiger partial charge in [-0.05, 0) is 12.2 Å². The quantitative estimate of drug-likeness (QED) is 0.451. The molecule has 1 aliphatic carbocycles. The van der Waals surface area contributed by atoms with Gasteiger partial charge in [0.25, 0.3) is 6.04 Å². The Kier molecular flexibility index (Phi) is 2.35. The van der Waals surface area contributed by atoms with Crippen LogP contribution in [0.5, 0.6) is 0 Å². The molecule has 1 unspecified atom stereocenters. The third-order valence-electron chi connectivity index (χ3n) is 1.60. The van der Waals surface area contributed by atoms with Crippen LogP contribution in [0.1, 0.15) is 0 Å². The number of hydrogen-bond acceptors (Lipinski definition) is 4. The Morgan fingerprint density at radius 2 is 2.33 bits per heavy atom. The van der Waals surface area contributed by atoms with Crippen molar-refractivity contribution in [3.63, 3.8) is 0 Å². The number of ketones is 1. The van der Waals surface area contributed by atoms with Gasteiger partial charge in [0.05, 0.1) is 0 Å². The minimum atomic E-state index is -0.902. The van der Waals surface area contributed by atoms with Gasteiger partial charge in [-0.1, -0.05) is 0 Å². The zero-order valence-electron chi connectivity index (χ0n) is 6.27. The van der Waals surface area contributed by atoms with E-state index in [9.17, 15) is 14.9 Å². The van der Waals surface area contributed by atoms with Crippen molar-refractivity contribution < 1.29 is 9.72 Å². The fraction of sp³-hybridized carbons (Fsp3) is 0.286. The van der Waals surface area contributed by atoms with Crippen molar-refractivity contribution in [1.29, 1.82) is 0 Å². The number of nitro groups is 1. The largest absolute Gasteiger partial charge is 0.326 e. The molecule has 0 aromatic heterocycles. The summed E-state index contributed by atoms with van der Waals surface area (Å²) < 4.78 is 0. The number of rotatable bonds is 2. The Hall–Kier alpha value is -1.49. The monoisotopic (exact) mass is 168 g/mol. The molecule has 0 spiro atoms. The Labute approximate surface area is 68.7 Å². The molecule has 1 rings (SSSR count). The van der Waals surface area contributed by atoms with E-state index in [2.05, 4.69) is 0 Å². The van der Waals surface area contributed by atoms with E-state index in [-0.39, 0.29) is 12.3 Å². The van der Waals surface area contributed by atoms with Crippen LogP contribution in [0.3, 0.4) is 0 Å². The number of hydrogen-bond donors (Lipinski definition) is 1. The molecule has 64 valence electrons. The van der Waals surface area contributed by atoms with Crippen LogP contribution >= 0.6 is 0 Å². The Morgan fingerprint density at radius 3 is 2.83 bits per heavy atom. The molecular formula is C7H8N2O3. The fourth-order valence-electron chi connectivity index (χ4n) is 0.937. The van der Waals surface area contributed by atoms with Gasteiger partial charge in [0.1, 0.15) is 0 Å². The Balaban J connectivity index is 2.86. The van der Waals surface area contributed by atoms with Crippen LogP contribution < -0.4 is 5.73 Å². The highest BCUT2D eigenvalue weighted by Gasteiger charge is 2.20. The first-order valence-electron chi connectivity index (χ1n) is 3.42. The van der Waals surface area contributed by atoms with Crippen LogP contribution in [0.25, 0.3) is 0 Å². The maximum absolute atomic E-state index is 10.9. The number of nitrogens with zero attached hydrogens (tertiary/aromatic N) is 1. The zero-order valence-corrected chi connectivity index (χ0v) is 6.27. The number of allylic oxidation sites excluding steroid dienone is 1. The molecule has 0 heterocycles. The molecular weight excluding hydrogens is 160 g/mol. The maximum Gasteiger partial charge on any atom is 0.250 e. The second kappa shape index (κ2) is 3.27. The van der Waals surface area contributed by atoms with E-state index in [1.165, 1.54) is 18.2 Å². The van der Waals surface area contributed by atoms with Gasteiger partial charge in [0, 0.05) is 23.1 Å². The van der Waals surface area contributed by atoms with Gasteiger partial charge in [-0.2, -0.15) is 0 Å². The van der Waals surface area contributed by atoms with Crippen LogP contribution in [0.4, 0.5) is 0 Å². The Morgan fingerprint density at radius 1 is 1.67 bits per heavy atom. The Bertz CT molecular complexity index is 280. The molecule has 1 atom stereocenters. The molecule has 0 radical (unpaired) electrons. The number of carbonyl (C=O) groups excluding carboxylic acids is 1. The average molecular weight is 168 g/mol. The molecule has 5 heteroatoms. The van der Waals surface area contributed by atoms with Gasteiger partial charge in [-0.3, -0.25) is 14.9 Å². The van der Waals surface area contributed by atoms with Gasteiger partial charge >= 0.3 is 0 Å². The standard InChI is InChI=1S/C7H8N2O3/c8-4-5-3-6(9(11)12)1-2-7(5)10/h1-3,6H,4,8H2. The third-order valence-corrected chi connectivity index (χ3v) is 1.60. The lowest BCUT2D eigenvalue weighted by Gasteiger charge is -2.07. The lowest BCUT2D eigenvalue weighted by Crippen LogP contribution is -2.23. The van der Waals surface area contributed by atoms with E-state index in [0.717, 1.165) is 0 Å². The number of carbonyl (C=O) groups is 1. The molecule has 0 bridgehead atoms. The van der Waals surface area contributed by atoms with Gasteiger partial charge in [0.2, 0.25) is 0 Å². The fourth-order valence-corrected chi connectivity index (χ4v) is 0.937. The van der Waals surface area contributed by atoms with Gasteiger partial charge in [-0.25, -0.2) is 0 Å². The summed E-state index contributed by atoms with van der Waals surface area (Å²) >= 11 is 0. The summed E-state index contributed by atoms with van der Waals surface area (Å²) in [6.45, 7) is 0.0491. The van der Waals surface area contributed by atoms with E-state index in [1.54, 1.807) is 0 Å². The predicted octanol–water partition coefficient (Wildman–Crippen LogP) is -0.344. The summed E-state index contributed by atoms with van der Waals surface area (Å²) in [6, 6.07) is -0.902. The predicted molar refractivity (Wildman–Crippen MR) is 42.1 cm³/mol. The highest BCUT2D eigenvalue weighted by molar-refractivity contribution is 6.05. The minimum absolute atomic E-state index is 0.0491. The van der Waals surface area contributed by atoms with Crippen LogP contribution in [-0.2, 0) is 4.79 Å². The van der Waals surface area contributed by atoms with E-state index < -0.39 is 11.0 Å². The molecule has 0 saturated heterocycles. The van der Waals surface area contributed by atoms with Gasteiger partial charge < -0.3 is 5.73 Å². The summed E-state index contributed by atoms with van der Waals surface area (Å²) in [7, 11) is 0. The SMILES string of the molecule is NCC1=CC([N+](=O)[O-])C=CC1=O. The van der Waals surface area contributed by atoms with Gasteiger partial charge in [0.15, 0.2) is 5.78 Å². The third kappa shape index (κ3) is 1.57. The lowest BCUT2D eigenvalue weighted by molar-refractivity contribution is -0.496. The molecule has 0 aliphatic heterocycles. The summed E-state index contributed by atoms with van der Waals surface area (Å²) in [5.74, 6) is -0.240. The zero-order chi connectivity index (χ0) is 9.14. The average Bonchev–Trinajstić information content (AvgIpc) is 2.05. The van der Waals surface area contributed by atoms with E-state index in [0.29, 0.717) is 5.57 Å². The minimum Gasteiger partial charge on any atom is -0.326 e. The van der Waals surface area contributed by atoms with Crippen LogP contribution in [0.2, 0.25) is 0 Å². The number of nitrogens with two attached hydrogens (primary N) is 1. The first kappa shape index (κ1) is 8.61. The van der Waals surface area contributed by atoms with Crippen molar-refractivity contribution >= 4 is 5.78 Å². The molecule has 0 aromatic rings.